The van der Waals surface area contributed by atoms with Crippen LogP contribution >= 0.6 is 0 Å². The van der Waals surface area contributed by atoms with Crippen LogP contribution in [-0.4, -0.2) is 31.1 Å². The van der Waals surface area contributed by atoms with Crippen molar-refractivity contribution < 1.29 is 28.7 Å². The minimum Gasteiger partial charge on any atom is -0.468 e. The number of esters is 2. The van der Waals surface area contributed by atoms with E-state index < -0.39 is 28.7 Å². The lowest BCUT2D eigenvalue weighted by molar-refractivity contribution is -0.385. The molecule has 0 aliphatic carbocycles. The van der Waals surface area contributed by atoms with Crippen LogP contribution in [0.1, 0.15) is 11.5 Å². The minimum absolute atomic E-state index is 0.0840. The van der Waals surface area contributed by atoms with Crippen molar-refractivity contribution in [3.63, 3.8) is 0 Å². The number of nitrogens with zero attached hydrogens (tertiary/aromatic N) is 2. The van der Waals surface area contributed by atoms with Crippen LogP contribution in [-0.2, 0) is 19.1 Å². The van der Waals surface area contributed by atoms with Crippen LogP contribution in [0.3, 0.4) is 0 Å². The van der Waals surface area contributed by atoms with Crippen LogP contribution in [0, 0.1) is 27.4 Å². The second-order valence-corrected chi connectivity index (χ2v) is 4.96. The summed E-state index contributed by atoms with van der Waals surface area (Å²) in [7, 11) is 2.16. The highest BCUT2D eigenvalue weighted by Gasteiger charge is 2.43. The predicted octanol–water partition coefficient (Wildman–Crippen LogP) is 0.727. The number of ether oxygens (including phenoxy) is 3. The van der Waals surface area contributed by atoms with Crippen LogP contribution < -0.4 is 10.5 Å². The number of nitro benzene ring substituents is 1. The highest BCUT2D eigenvalue weighted by atomic mass is 16.6. The van der Waals surface area contributed by atoms with E-state index in [0.717, 1.165) is 20.3 Å². The van der Waals surface area contributed by atoms with Crippen LogP contribution in [0.25, 0.3) is 0 Å². The van der Waals surface area contributed by atoms with E-state index in [0.29, 0.717) is 0 Å². The van der Waals surface area contributed by atoms with E-state index in [4.69, 9.17) is 10.5 Å². The minimum atomic E-state index is -1.48. The zero-order valence-corrected chi connectivity index (χ0v) is 13.2. The second-order valence-electron chi connectivity index (χ2n) is 4.96. The molecule has 0 saturated carbocycles. The van der Waals surface area contributed by atoms with E-state index in [1.165, 1.54) is 12.1 Å². The molecule has 0 aromatic heterocycles. The molecule has 2 atom stereocenters. The lowest BCUT2D eigenvalue weighted by Crippen LogP contribution is -2.33. The average Bonchev–Trinajstić information content (AvgIpc) is 2.60. The third kappa shape index (κ3) is 3.07. The molecule has 0 unspecified atom stereocenters. The molecule has 0 fully saturated rings. The fourth-order valence-electron chi connectivity index (χ4n) is 2.54. The normalized spacial score (nSPS) is 16.8. The summed E-state index contributed by atoms with van der Waals surface area (Å²) >= 11 is 0. The third-order valence-corrected chi connectivity index (χ3v) is 3.67. The van der Waals surface area contributed by atoms with E-state index >= 15 is 0 Å². The third-order valence-electron chi connectivity index (χ3n) is 3.67. The van der Waals surface area contributed by atoms with Crippen molar-refractivity contribution >= 4 is 17.6 Å². The van der Waals surface area contributed by atoms with Crippen molar-refractivity contribution in [2.45, 2.75) is 5.92 Å². The Morgan fingerprint density at radius 1 is 1.40 bits per heavy atom. The molecular formula is C15H13N3O7. The molecule has 1 aliphatic rings. The second kappa shape index (κ2) is 6.88. The van der Waals surface area contributed by atoms with Crippen LogP contribution in [0.5, 0.6) is 5.75 Å². The molecule has 1 aliphatic heterocycles. The SMILES string of the molecule is COC(=O)C1=C(N)Oc2ccc([N+](=O)[O-])cc2[C@@H]1[C@H](C#N)C(=O)OC. The van der Waals surface area contributed by atoms with Crippen molar-refractivity contribution in [2.24, 2.45) is 11.7 Å². The molecule has 1 aromatic carbocycles. The highest BCUT2D eigenvalue weighted by Crippen LogP contribution is 2.44. The molecular weight excluding hydrogens is 334 g/mol. The number of methoxy groups -OCH3 is 2. The summed E-state index contributed by atoms with van der Waals surface area (Å²) in [6.07, 6.45) is 0. The molecule has 0 saturated heterocycles. The Bertz CT molecular complexity index is 825. The zero-order chi connectivity index (χ0) is 18.7. The summed E-state index contributed by atoms with van der Waals surface area (Å²) in [5.41, 5.74) is 5.25. The van der Waals surface area contributed by atoms with Gasteiger partial charge in [-0.15, -0.1) is 0 Å². The van der Waals surface area contributed by atoms with Crippen molar-refractivity contribution in [3.8, 4) is 11.8 Å². The molecule has 0 amide bonds. The van der Waals surface area contributed by atoms with Crippen LogP contribution in [0.15, 0.2) is 29.7 Å². The first-order valence-electron chi connectivity index (χ1n) is 6.87. The van der Waals surface area contributed by atoms with E-state index in [2.05, 4.69) is 9.47 Å². The Morgan fingerprint density at radius 3 is 2.60 bits per heavy atom. The number of hydrogen-bond acceptors (Lipinski definition) is 9. The fraction of sp³-hybridized carbons (Fsp3) is 0.267. The summed E-state index contributed by atoms with van der Waals surface area (Å²) in [4.78, 5) is 34.5. The van der Waals surface area contributed by atoms with Gasteiger partial charge >= 0.3 is 11.9 Å². The monoisotopic (exact) mass is 347 g/mol. The van der Waals surface area contributed by atoms with Crippen molar-refractivity contribution in [1.82, 2.24) is 0 Å². The number of nitro groups is 1. The number of nitrogens with two attached hydrogens (primary N) is 1. The fourth-order valence-corrected chi connectivity index (χ4v) is 2.54. The van der Waals surface area contributed by atoms with Gasteiger partial charge in [0, 0.05) is 17.7 Å². The van der Waals surface area contributed by atoms with E-state index in [1.54, 1.807) is 6.07 Å². The number of nitriles is 1. The Labute approximate surface area is 141 Å². The molecule has 10 heteroatoms. The van der Waals surface area contributed by atoms with Crippen LogP contribution in [0.4, 0.5) is 5.69 Å². The Morgan fingerprint density at radius 2 is 2.08 bits per heavy atom. The first-order chi connectivity index (χ1) is 11.8. The molecule has 0 bridgehead atoms. The lowest BCUT2D eigenvalue weighted by atomic mass is 9.79. The van der Waals surface area contributed by atoms with Gasteiger partial charge in [-0.1, -0.05) is 0 Å². The number of non-ortho nitro benzene ring substituents is 1. The van der Waals surface area contributed by atoms with Gasteiger partial charge in [-0.05, 0) is 6.07 Å². The van der Waals surface area contributed by atoms with Gasteiger partial charge in [0.25, 0.3) is 5.69 Å². The van der Waals surface area contributed by atoms with Crippen molar-refractivity contribution in [3.05, 3.63) is 45.3 Å². The number of fused-ring (bicyclic) bond motifs is 1. The predicted molar refractivity (Wildman–Crippen MR) is 80.8 cm³/mol. The summed E-state index contributed by atoms with van der Waals surface area (Å²) in [6.45, 7) is 0. The van der Waals surface area contributed by atoms with Gasteiger partial charge in [-0.2, -0.15) is 5.26 Å². The average molecular weight is 347 g/mol. The number of benzene rings is 1. The number of carbonyl (C=O) groups is 2. The van der Waals surface area contributed by atoms with Gasteiger partial charge in [0.05, 0.1) is 31.1 Å². The maximum Gasteiger partial charge on any atom is 0.339 e. The Balaban J connectivity index is 2.74. The molecule has 1 aromatic rings. The molecule has 2 rings (SSSR count). The number of hydrogen-bond donors (Lipinski definition) is 1. The van der Waals surface area contributed by atoms with Crippen molar-refractivity contribution in [2.75, 3.05) is 14.2 Å². The first-order valence-corrected chi connectivity index (χ1v) is 6.87. The topological polar surface area (TPSA) is 155 Å². The molecule has 10 nitrogen and oxygen atoms in total. The summed E-state index contributed by atoms with van der Waals surface area (Å²) in [6, 6.07) is 5.30. The van der Waals surface area contributed by atoms with E-state index in [-0.39, 0.29) is 28.5 Å². The quantitative estimate of drug-likeness (QED) is 0.471. The van der Waals surface area contributed by atoms with Crippen molar-refractivity contribution in [1.29, 1.82) is 5.26 Å². The molecule has 25 heavy (non-hydrogen) atoms. The summed E-state index contributed by atoms with van der Waals surface area (Å²) in [5, 5.41) is 20.4. The number of carbonyl (C=O) groups excluding carboxylic acids is 2. The lowest BCUT2D eigenvalue weighted by Gasteiger charge is -2.29. The number of rotatable bonds is 4. The standard InChI is InChI=1S/C15H13N3O7/c1-23-14(19)9(6-16)11-8-5-7(18(21)22)3-4-10(8)25-13(17)12(11)15(20)24-2/h3-5,9,11H,17H2,1-2H3/t9-,11+/m0/s1. The largest absolute Gasteiger partial charge is 0.468 e. The van der Waals surface area contributed by atoms with Gasteiger partial charge in [0.1, 0.15) is 11.3 Å². The van der Waals surface area contributed by atoms with E-state index in [1.807, 2.05) is 0 Å². The maximum absolute atomic E-state index is 12.1. The summed E-state index contributed by atoms with van der Waals surface area (Å²) < 4.78 is 14.5. The van der Waals surface area contributed by atoms with Crippen LogP contribution in [0.2, 0.25) is 0 Å². The zero-order valence-electron chi connectivity index (χ0n) is 13.2. The molecule has 0 radical (unpaired) electrons. The Kier molecular flexibility index (Phi) is 4.88. The first kappa shape index (κ1) is 17.7. The molecule has 0 spiro atoms. The smallest absolute Gasteiger partial charge is 0.339 e. The van der Waals surface area contributed by atoms with Gasteiger partial charge in [0.15, 0.2) is 5.92 Å². The molecule has 130 valence electrons. The summed E-state index contributed by atoms with van der Waals surface area (Å²) in [5.74, 6) is -4.85. The highest BCUT2D eigenvalue weighted by molar-refractivity contribution is 5.93. The molecule has 1 heterocycles. The molecule has 2 N–H and O–H groups in total. The van der Waals surface area contributed by atoms with Gasteiger partial charge < -0.3 is 19.9 Å². The van der Waals surface area contributed by atoms with Gasteiger partial charge in [0.2, 0.25) is 5.88 Å². The Hall–Kier alpha value is -3.61. The maximum atomic E-state index is 12.1. The van der Waals surface area contributed by atoms with Gasteiger partial charge in [-0.3, -0.25) is 14.9 Å². The van der Waals surface area contributed by atoms with Gasteiger partial charge in [-0.25, -0.2) is 4.79 Å². The van der Waals surface area contributed by atoms with E-state index in [9.17, 15) is 25.0 Å².